The second-order valence-corrected chi connectivity index (χ2v) is 4.42. The number of nitrogens with one attached hydrogen (secondary N) is 2. The van der Waals surface area contributed by atoms with Crippen molar-refractivity contribution < 1.29 is 5.11 Å². The van der Waals surface area contributed by atoms with Gasteiger partial charge in [0.1, 0.15) is 6.23 Å². The van der Waals surface area contributed by atoms with Gasteiger partial charge >= 0.3 is 0 Å². The Morgan fingerprint density at radius 3 is 2.75 bits per heavy atom. The molecule has 1 aliphatic rings. The number of aliphatic hydroxyl groups is 1. The Labute approximate surface area is 74.5 Å². The maximum Gasteiger partial charge on any atom is 0.120 e. The molecule has 12 heavy (non-hydrogen) atoms. The molecule has 3 nitrogen and oxygen atoms in total. The Balaban J connectivity index is 2.53. The summed E-state index contributed by atoms with van der Waals surface area (Å²) in [6.45, 7) is 5.35. The Bertz CT molecular complexity index is 147. The number of likely N-dealkylation sites (N-methyl/N-ethyl adjacent to an activating group) is 1. The van der Waals surface area contributed by atoms with E-state index < -0.39 is 6.23 Å². The van der Waals surface area contributed by atoms with E-state index in [1.807, 2.05) is 7.05 Å². The van der Waals surface area contributed by atoms with Gasteiger partial charge in [-0.25, -0.2) is 0 Å². The maximum absolute atomic E-state index is 9.61. The Kier molecular flexibility index (Phi) is 3.09. The quantitative estimate of drug-likeness (QED) is 0.533. The molecule has 2 atom stereocenters. The molecule has 3 N–H and O–H groups in total. The molecule has 0 radical (unpaired) electrons. The Morgan fingerprint density at radius 1 is 1.50 bits per heavy atom. The van der Waals surface area contributed by atoms with Gasteiger partial charge in [-0.3, -0.25) is 5.32 Å². The highest BCUT2D eigenvalue weighted by molar-refractivity contribution is 4.84. The topological polar surface area (TPSA) is 44.3 Å². The Hall–Kier alpha value is -0.120. The average Bonchev–Trinajstić information content (AvgIpc) is 2.13. The second kappa shape index (κ2) is 3.73. The van der Waals surface area contributed by atoms with Gasteiger partial charge in [0.05, 0.1) is 0 Å². The lowest BCUT2D eigenvalue weighted by atomic mass is 9.88. The second-order valence-electron chi connectivity index (χ2n) is 4.42. The highest BCUT2D eigenvalue weighted by Gasteiger charge is 2.28. The lowest BCUT2D eigenvalue weighted by Crippen LogP contribution is -2.45. The van der Waals surface area contributed by atoms with Crippen LogP contribution in [0.4, 0.5) is 0 Å². The fraction of sp³-hybridized carbons (Fsp3) is 1.00. The van der Waals surface area contributed by atoms with E-state index in [4.69, 9.17) is 0 Å². The van der Waals surface area contributed by atoms with Gasteiger partial charge in [0.15, 0.2) is 0 Å². The molecule has 1 rings (SSSR count). The van der Waals surface area contributed by atoms with E-state index in [1.54, 1.807) is 0 Å². The van der Waals surface area contributed by atoms with Gasteiger partial charge < -0.3 is 10.4 Å². The van der Waals surface area contributed by atoms with E-state index >= 15 is 0 Å². The average molecular weight is 172 g/mol. The van der Waals surface area contributed by atoms with Crippen LogP contribution in [0.1, 0.15) is 26.7 Å². The zero-order valence-corrected chi connectivity index (χ0v) is 8.22. The summed E-state index contributed by atoms with van der Waals surface area (Å²) >= 11 is 0. The maximum atomic E-state index is 9.61. The van der Waals surface area contributed by atoms with Crippen LogP contribution in [-0.2, 0) is 0 Å². The SMILES string of the molecule is CNC1CCC(C)(C)CNC1O. The molecule has 0 aromatic rings. The molecule has 1 fully saturated rings. The first-order valence-electron chi connectivity index (χ1n) is 4.64. The third-order valence-electron chi connectivity index (χ3n) is 2.67. The van der Waals surface area contributed by atoms with Crippen LogP contribution in [0.25, 0.3) is 0 Å². The molecule has 0 aromatic carbocycles. The lowest BCUT2D eigenvalue weighted by Gasteiger charge is -2.21. The van der Waals surface area contributed by atoms with Gasteiger partial charge in [0, 0.05) is 12.6 Å². The zero-order valence-electron chi connectivity index (χ0n) is 8.22. The Morgan fingerprint density at radius 2 is 2.17 bits per heavy atom. The molecule has 0 spiro atoms. The fourth-order valence-electron chi connectivity index (χ4n) is 1.62. The summed E-state index contributed by atoms with van der Waals surface area (Å²) in [6.07, 6.45) is 1.80. The van der Waals surface area contributed by atoms with E-state index in [0.29, 0.717) is 5.41 Å². The van der Waals surface area contributed by atoms with Gasteiger partial charge in [-0.1, -0.05) is 13.8 Å². The molecule has 1 saturated heterocycles. The van der Waals surface area contributed by atoms with E-state index in [0.717, 1.165) is 19.4 Å². The minimum atomic E-state index is -0.392. The summed E-state index contributed by atoms with van der Waals surface area (Å²) in [5, 5.41) is 15.9. The number of aliphatic hydroxyl groups excluding tert-OH is 1. The largest absolute Gasteiger partial charge is 0.377 e. The molecule has 3 heteroatoms. The van der Waals surface area contributed by atoms with Crippen LogP contribution in [0.3, 0.4) is 0 Å². The summed E-state index contributed by atoms with van der Waals surface area (Å²) in [5.41, 5.74) is 0.312. The molecule has 2 unspecified atom stereocenters. The van der Waals surface area contributed by atoms with Crippen LogP contribution in [0, 0.1) is 5.41 Å². The van der Waals surface area contributed by atoms with Gasteiger partial charge in [0.2, 0.25) is 0 Å². The van der Waals surface area contributed by atoms with Crippen LogP contribution in [0.15, 0.2) is 0 Å². The van der Waals surface area contributed by atoms with Gasteiger partial charge in [-0.2, -0.15) is 0 Å². The number of hydrogen-bond donors (Lipinski definition) is 3. The highest BCUT2D eigenvalue weighted by Crippen LogP contribution is 2.25. The van der Waals surface area contributed by atoms with Crippen molar-refractivity contribution in [2.75, 3.05) is 13.6 Å². The van der Waals surface area contributed by atoms with Crippen LogP contribution < -0.4 is 10.6 Å². The third kappa shape index (κ3) is 2.44. The molecule has 0 aromatic heterocycles. The number of rotatable bonds is 1. The summed E-state index contributed by atoms with van der Waals surface area (Å²) in [5.74, 6) is 0. The molecule has 0 bridgehead atoms. The normalized spacial score (nSPS) is 36.0. The van der Waals surface area contributed by atoms with Crippen molar-refractivity contribution in [3.63, 3.8) is 0 Å². The van der Waals surface area contributed by atoms with E-state index in [-0.39, 0.29) is 6.04 Å². The first-order valence-corrected chi connectivity index (χ1v) is 4.64. The van der Waals surface area contributed by atoms with E-state index in [2.05, 4.69) is 24.5 Å². The van der Waals surface area contributed by atoms with Crippen LogP contribution in [-0.4, -0.2) is 31.0 Å². The van der Waals surface area contributed by atoms with Crippen molar-refractivity contribution >= 4 is 0 Å². The number of hydrogen-bond acceptors (Lipinski definition) is 3. The van der Waals surface area contributed by atoms with Gasteiger partial charge in [0.25, 0.3) is 0 Å². The van der Waals surface area contributed by atoms with Crippen LogP contribution in [0.2, 0.25) is 0 Å². The summed E-state index contributed by atoms with van der Waals surface area (Å²) in [6, 6.07) is 0.201. The van der Waals surface area contributed by atoms with Crippen molar-refractivity contribution in [2.45, 2.75) is 39.0 Å². The van der Waals surface area contributed by atoms with Crippen molar-refractivity contribution in [3.8, 4) is 0 Å². The summed E-state index contributed by atoms with van der Waals surface area (Å²) in [4.78, 5) is 0. The predicted molar refractivity (Wildman–Crippen MR) is 49.9 cm³/mol. The fourth-order valence-corrected chi connectivity index (χ4v) is 1.62. The van der Waals surface area contributed by atoms with Crippen molar-refractivity contribution in [2.24, 2.45) is 5.41 Å². The zero-order chi connectivity index (χ0) is 9.19. The van der Waals surface area contributed by atoms with Crippen LogP contribution in [0.5, 0.6) is 0 Å². The molecular weight excluding hydrogens is 152 g/mol. The van der Waals surface area contributed by atoms with Crippen molar-refractivity contribution in [3.05, 3.63) is 0 Å². The van der Waals surface area contributed by atoms with E-state index in [1.165, 1.54) is 0 Å². The predicted octanol–water partition coefficient (Wildman–Crippen LogP) is 0.302. The highest BCUT2D eigenvalue weighted by atomic mass is 16.3. The van der Waals surface area contributed by atoms with Crippen LogP contribution >= 0.6 is 0 Å². The molecule has 0 saturated carbocycles. The van der Waals surface area contributed by atoms with Gasteiger partial charge in [-0.15, -0.1) is 0 Å². The molecule has 72 valence electrons. The minimum absolute atomic E-state index is 0.201. The molecule has 0 amide bonds. The standard InChI is InChI=1S/C9H20N2O/c1-9(2)5-4-7(10-3)8(12)11-6-9/h7-8,10-12H,4-6H2,1-3H3. The smallest absolute Gasteiger partial charge is 0.120 e. The first-order chi connectivity index (χ1) is 5.55. The molecule has 1 aliphatic heterocycles. The van der Waals surface area contributed by atoms with Crippen molar-refractivity contribution in [1.29, 1.82) is 0 Å². The minimum Gasteiger partial charge on any atom is -0.377 e. The third-order valence-corrected chi connectivity index (χ3v) is 2.67. The van der Waals surface area contributed by atoms with Crippen molar-refractivity contribution in [1.82, 2.24) is 10.6 Å². The summed E-state index contributed by atoms with van der Waals surface area (Å²) in [7, 11) is 1.90. The molecular formula is C9H20N2O. The lowest BCUT2D eigenvalue weighted by molar-refractivity contribution is 0.0996. The van der Waals surface area contributed by atoms with E-state index in [9.17, 15) is 5.11 Å². The molecule has 0 aliphatic carbocycles. The monoisotopic (exact) mass is 172 g/mol. The molecule has 1 heterocycles. The first kappa shape index (κ1) is 9.96. The summed E-state index contributed by atoms with van der Waals surface area (Å²) < 4.78 is 0. The van der Waals surface area contributed by atoms with Gasteiger partial charge in [-0.05, 0) is 25.3 Å².